The van der Waals surface area contributed by atoms with E-state index in [1.54, 1.807) is 31.2 Å². The zero-order chi connectivity index (χ0) is 17.4. The standard InChI is InChI=1S/C15H18ClNO5S/c1-9(23-11-6-4-10(16)5-7-11)14(19)17-12(15(20)22-3)8-13(18)21-2/h4-7,9,12H,8H2,1-3H3,(H,17,19). The number of carbonyl (C=O) groups is 3. The van der Waals surface area contributed by atoms with Gasteiger partial charge in [-0.05, 0) is 31.2 Å². The van der Waals surface area contributed by atoms with Gasteiger partial charge in [-0.15, -0.1) is 11.8 Å². The summed E-state index contributed by atoms with van der Waals surface area (Å²) in [7, 11) is 2.39. The van der Waals surface area contributed by atoms with E-state index in [1.807, 2.05) is 0 Å². The molecule has 2 atom stereocenters. The van der Waals surface area contributed by atoms with E-state index in [0.29, 0.717) is 5.02 Å². The fraction of sp³-hybridized carbons (Fsp3) is 0.400. The Labute approximate surface area is 143 Å². The van der Waals surface area contributed by atoms with Crippen LogP contribution in [-0.2, 0) is 23.9 Å². The first-order valence-corrected chi connectivity index (χ1v) is 8.00. The van der Waals surface area contributed by atoms with Crippen LogP contribution < -0.4 is 5.32 Å². The van der Waals surface area contributed by atoms with E-state index < -0.39 is 23.2 Å². The summed E-state index contributed by atoms with van der Waals surface area (Å²) in [5, 5.41) is 2.64. The maximum absolute atomic E-state index is 12.2. The molecule has 1 N–H and O–H groups in total. The second-order valence-electron chi connectivity index (χ2n) is 4.58. The Balaban J connectivity index is 2.67. The highest BCUT2D eigenvalue weighted by Crippen LogP contribution is 2.24. The van der Waals surface area contributed by atoms with Crippen LogP contribution >= 0.6 is 23.4 Å². The lowest BCUT2D eigenvalue weighted by molar-refractivity contribution is -0.150. The van der Waals surface area contributed by atoms with Crippen LogP contribution in [0.2, 0.25) is 5.02 Å². The van der Waals surface area contributed by atoms with Crippen LogP contribution in [0.3, 0.4) is 0 Å². The molecule has 1 aromatic carbocycles. The van der Waals surface area contributed by atoms with Crippen LogP contribution in [-0.4, -0.2) is 43.4 Å². The quantitative estimate of drug-likeness (QED) is 0.592. The number of hydrogen-bond donors (Lipinski definition) is 1. The van der Waals surface area contributed by atoms with Crippen LogP contribution in [0.4, 0.5) is 0 Å². The summed E-state index contributed by atoms with van der Waals surface area (Å²) >= 11 is 7.12. The van der Waals surface area contributed by atoms with Crippen molar-refractivity contribution in [2.45, 2.75) is 29.5 Å². The van der Waals surface area contributed by atoms with Crippen LogP contribution in [0, 0.1) is 0 Å². The van der Waals surface area contributed by atoms with Crippen molar-refractivity contribution in [1.82, 2.24) is 5.32 Å². The number of benzene rings is 1. The van der Waals surface area contributed by atoms with Gasteiger partial charge in [0.1, 0.15) is 6.04 Å². The van der Waals surface area contributed by atoms with Gasteiger partial charge < -0.3 is 14.8 Å². The molecule has 1 aromatic rings. The van der Waals surface area contributed by atoms with Gasteiger partial charge in [0.2, 0.25) is 5.91 Å². The van der Waals surface area contributed by atoms with Crippen LogP contribution in [0.1, 0.15) is 13.3 Å². The number of thioether (sulfide) groups is 1. The van der Waals surface area contributed by atoms with Crippen molar-refractivity contribution in [2.75, 3.05) is 14.2 Å². The molecule has 0 spiro atoms. The minimum Gasteiger partial charge on any atom is -0.469 e. The van der Waals surface area contributed by atoms with Gasteiger partial charge in [-0.2, -0.15) is 0 Å². The molecule has 0 saturated heterocycles. The Morgan fingerprint density at radius 2 is 1.78 bits per heavy atom. The first kappa shape index (κ1) is 19.3. The Bertz CT molecular complexity index is 563. The SMILES string of the molecule is COC(=O)CC(NC(=O)C(C)Sc1ccc(Cl)cc1)C(=O)OC. The van der Waals surface area contributed by atoms with Gasteiger partial charge in [0.15, 0.2) is 0 Å². The van der Waals surface area contributed by atoms with Crippen molar-refractivity contribution in [2.24, 2.45) is 0 Å². The fourth-order valence-corrected chi connectivity index (χ4v) is 2.65. The van der Waals surface area contributed by atoms with Crippen LogP contribution in [0.25, 0.3) is 0 Å². The molecule has 126 valence electrons. The van der Waals surface area contributed by atoms with Crippen molar-refractivity contribution in [1.29, 1.82) is 0 Å². The van der Waals surface area contributed by atoms with Crippen molar-refractivity contribution < 1.29 is 23.9 Å². The molecule has 0 bridgehead atoms. The van der Waals surface area contributed by atoms with E-state index in [-0.39, 0.29) is 12.3 Å². The van der Waals surface area contributed by atoms with Gasteiger partial charge in [0, 0.05) is 9.92 Å². The van der Waals surface area contributed by atoms with Crippen molar-refractivity contribution >= 4 is 41.2 Å². The molecule has 0 saturated carbocycles. The largest absolute Gasteiger partial charge is 0.469 e. The third kappa shape index (κ3) is 6.50. The topological polar surface area (TPSA) is 81.7 Å². The molecule has 1 amide bonds. The Morgan fingerprint density at radius 1 is 1.17 bits per heavy atom. The van der Waals surface area contributed by atoms with Gasteiger partial charge in [-0.25, -0.2) is 4.79 Å². The van der Waals surface area contributed by atoms with Crippen molar-refractivity contribution in [3.8, 4) is 0 Å². The maximum Gasteiger partial charge on any atom is 0.328 e. The van der Waals surface area contributed by atoms with Gasteiger partial charge in [-0.1, -0.05) is 11.6 Å². The third-order valence-electron chi connectivity index (χ3n) is 2.90. The maximum atomic E-state index is 12.2. The zero-order valence-electron chi connectivity index (χ0n) is 13.0. The number of carbonyl (C=O) groups excluding carboxylic acids is 3. The molecule has 0 heterocycles. The second-order valence-corrected chi connectivity index (χ2v) is 6.43. The van der Waals surface area contributed by atoms with E-state index >= 15 is 0 Å². The highest BCUT2D eigenvalue weighted by atomic mass is 35.5. The second kappa shape index (κ2) is 9.42. The molecule has 1 rings (SSSR count). The smallest absolute Gasteiger partial charge is 0.328 e. The monoisotopic (exact) mass is 359 g/mol. The fourth-order valence-electron chi connectivity index (χ4n) is 1.65. The van der Waals surface area contributed by atoms with Gasteiger partial charge in [0.05, 0.1) is 25.9 Å². The summed E-state index contributed by atoms with van der Waals surface area (Å²) in [4.78, 5) is 36.0. The van der Waals surface area contributed by atoms with Crippen molar-refractivity contribution in [3.63, 3.8) is 0 Å². The van der Waals surface area contributed by atoms with Crippen LogP contribution in [0.5, 0.6) is 0 Å². The first-order chi connectivity index (χ1) is 10.9. The average molecular weight is 360 g/mol. The lowest BCUT2D eigenvalue weighted by atomic mass is 10.2. The molecule has 23 heavy (non-hydrogen) atoms. The van der Waals surface area contributed by atoms with E-state index in [9.17, 15) is 14.4 Å². The van der Waals surface area contributed by atoms with E-state index in [1.165, 1.54) is 26.0 Å². The molecule has 0 aromatic heterocycles. The Hall–Kier alpha value is -1.73. The summed E-state index contributed by atoms with van der Waals surface area (Å²) in [5.74, 6) is -1.70. The van der Waals surface area contributed by atoms with Gasteiger partial charge >= 0.3 is 11.9 Å². The van der Waals surface area contributed by atoms with E-state index in [0.717, 1.165) is 4.90 Å². The number of esters is 2. The number of nitrogens with one attached hydrogen (secondary N) is 1. The third-order valence-corrected chi connectivity index (χ3v) is 4.26. The average Bonchev–Trinajstić information content (AvgIpc) is 2.55. The molecular weight excluding hydrogens is 342 g/mol. The van der Waals surface area contributed by atoms with Crippen LogP contribution in [0.15, 0.2) is 29.2 Å². The molecule has 6 nitrogen and oxygen atoms in total. The lowest BCUT2D eigenvalue weighted by Crippen LogP contribution is -2.45. The normalized spacial score (nSPS) is 12.9. The first-order valence-electron chi connectivity index (χ1n) is 6.74. The minimum absolute atomic E-state index is 0.284. The molecule has 0 aliphatic heterocycles. The number of amides is 1. The summed E-state index contributed by atoms with van der Waals surface area (Å²) in [5.41, 5.74) is 0. The highest BCUT2D eigenvalue weighted by Gasteiger charge is 2.27. The minimum atomic E-state index is -1.08. The van der Waals surface area contributed by atoms with Gasteiger partial charge in [-0.3, -0.25) is 9.59 Å². The van der Waals surface area contributed by atoms with E-state index in [2.05, 4.69) is 14.8 Å². The number of ether oxygens (including phenoxy) is 2. The predicted octanol–water partition coefficient (Wildman–Crippen LogP) is 2.04. The molecule has 0 aliphatic rings. The number of methoxy groups -OCH3 is 2. The number of halogens is 1. The van der Waals surface area contributed by atoms with Gasteiger partial charge in [0.25, 0.3) is 0 Å². The molecule has 0 radical (unpaired) electrons. The number of hydrogen-bond acceptors (Lipinski definition) is 6. The molecule has 0 fully saturated rings. The molecular formula is C15H18ClNO5S. The predicted molar refractivity (Wildman–Crippen MR) is 87.4 cm³/mol. The number of rotatable bonds is 7. The molecule has 0 aliphatic carbocycles. The summed E-state index contributed by atoms with van der Waals surface area (Å²) < 4.78 is 9.10. The Morgan fingerprint density at radius 3 is 2.30 bits per heavy atom. The summed E-state index contributed by atoms with van der Waals surface area (Å²) in [6.07, 6.45) is -0.284. The summed E-state index contributed by atoms with van der Waals surface area (Å²) in [6, 6.07) is 5.96. The molecule has 2 unspecified atom stereocenters. The van der Waals surface area contributed by atoms with Crippen molar-refractivity contribution in [3.05, 3.63) is 29.3 Å². The Kier molecular flexibility index (Phi) is 7.91. The summed E-state index contributed by atoms with van der Waals surface area (Å²) in [6.45, 7) is 1.70. The molecule has 8 heteroatoms. The van der Waals surface area contributed by atoms with E-state index in [4.69, 9.17) is 11.6 Å². The zero-order valence-corrected chi connectivity index (χ0v) is 14.6. The highest BCUT2D eigenvalue weighted by molar-refractivity contribution is 8.00. The lowest BCUT2D eigenvalue weighted by Gasteiger charge is -2.18.